The van der Waals surface area contributed by atoms with Gasteiger partial charge in [0, 0.05) is 11.4 Å². The van der Waals surface area contributed by atoms with Crippen LogP contribution in [0.2, 0.25) is 0 Å². The molecule has 7 heteroatoms. The molecule has 0 aliphatic carbocycles. The number of anilines is 8. The number of nitrogens with one attached hydrogen (secondary N) is 1. The van der Waals surface area contributed by atoms with E-state index in [1.54, 1.807) is 24.3 Å². The Hall–Kier alpha value is -2.96. The molecule has 2 aromatic carbocycles. The fraction of sp³-hybridized carbons (Fsp3) is 0. The van der Waals surface area contributed by atoms with Gasteiger partial charge in [-0.25, -0.2) is 0 Å². The summed E-state index contributed by atoms with van der Waals surface area (Å²) in [5, 5.41) is 3.03. The molecule has 19 heavy (non-hydrogen) atoms. The van der Waals surface area contributed by atoms with Gasteiger partial charge in [0.1, 0.15) is 0 Å². The van der Waals surface area contributed by atoms with Crippen LogP contribution in [-0.4, -0.2) is 0 Å². The Labute approximate surface area is 110 Å². The van der Waals surface area contributed by atoms with Gasteiger partial charge in [0.05, 0.1) is 34.1 Å². The lowest BCUT2D eigenvalue weighted by Gasteiger charge is -2.15. The second kappa shape index (κ2) is 4.37. The fourth-order valence-electron chi connectivity index (χ4n) is 1.75. The normalized spacial score (nSPS) is 10.3. The van der Waals surface area contributed by atoms with E-state index < -0.39 is 0 Å². The topological polar surface area (TPSA) is 168 Å². The molecule has 100 valence electrons. The Bertz CT molecular complexity index is 581. The second-order valence-electron chi connectivity index (χ2n) is 4.27. The van der Waals surface area contributed by atoms with E-state index in [4.69, 9.17) is 34.4 Å². The molecule has 0 saturated heterocycles. The van der Waals surface area contributed by atoms with Crippen molar-refractivity contribution in [3.63, 3.8) is 0 Å². The Balaban J connectivity index is 2.47. The first-order chi connectivity index (χ1) is 8.88. The molecule has 0 bridgehead atoms. The quantitative estimate of drug-likeness (QED) is 0.393. The predicted molar refractivity (Wildman–Crippen MR) is 82.6 cm³/mol. The van der Waals surface area contributed by atoms with Crippen LogP contribution in [0.25, 0.3) is 0 Å². The van der Waals surface area contributed by atoms with Gasteiger partial charge in [-0.2, -0.15) is 0 Å². The average molecular weight is 259 g/mol. The minimum absolute atomic E-state index is 0.384. The highest BCUT2D eigenvalue weighted by atomic mass is 14.9. The maximum absolute atomic E-state index is 5.88. The zero-order chi connectivity index (χ0) is 14.2. The molecule has 13 N–H and O–H groups in total. The van der Waals surface area contributed by atoms with Crippen molar-refractivity contribution in [2.45, 2.75) is 0 Å². The Morgan fingerprint density at radius 3 is 1.32 bits per heavy atom. The van der Waals surface area contributed by atoms with Crippen LogP contribution in [0.15, 0.2) is 24.3 Å². The third-order valence-corrected chi connectivity index (χ3v) is 2.74. The minimum Gasteiger partial charge on any atom is -0.399 e. The summed E-state index contributed by atoms with van der Waals surface area (Å²) in [7, 11) is 0. The van der Waals surface area contributed by atoms with Crippen LogP contribution in [0.1, 0.15) is 0 Å². The van der Waals surface area contributed by atoms with Crippen LogP contribution in [0.4, 0.5) is 45.5 Å². The van der Waals surface area contributed by atoms with Gasteiger partial charge in [0.2, 0.25) is 0 Å². The maximum Gasteiger partial charge on any atom is 0.0788 e. The number of benzene rings is 2. The molecule has 0 unspecified atom stereocenters. The summed E-state index contributed by atoms with van der Waals surface area (Å²) in [5.74, 6) is 0. The third-order valence-electron chi connectivity index (χ3n) is 2.74. The van der Waals surface area contributed by atoms with E-state index in [0.717, 1.165) is 0 Å². The largest absolute Gasteiger partial charge is 0.399 e. The molecule has 0 radical (unpaired) electrons. The summed E-state index contributed by atoms with van der Waals surface area (Å²) in [5.41, 5.74) is 38.3. The Morgan fingerprint density at radius 2 is 0.947 bits per heavy atom. The summed E-state index contributed by atoms with van der Waals surface area (Å²) in [6.07, 6.45) is 0. The minimum atomic E-state index is 0.384. The number of nitrogens with two attached hydrogens (primary N) is 6. The first kappa shape index (κ1) is 12.5. The summed E-state index contributed by atoms with van der Waals surface area (Å²) in [6.45, 7) is 0. The molecule has 0 aromatic heterocycles. The van der Waals surface area contributed by atoms with E-state index in [1.807, 2.05) is 0 Å². The monoisotopic (exact) mass is 259 g/mol. The molecule has 0 heterocycles. The maximum atomic E-state index is 5.88. The molecule has 0 saturated carbocycles. The van der Waals surface area contributed by atoms with Crippen molar-refractivity contribution < 1.29 is 0 Å². The molecule has 0 aliphatic rings. The van der Waals surface area contributed by atoms with Gasteiger partial charge in [-0.3, -0.25) is 0 Å². The van der Waals surface area contributed by atoms with Crippen molar-refractivity contribution in [1.29, 1.82) is 0 Å². The lowest BCUT2D eigenvalue weighted by atomic mass is 10.1. The Morgan fingerprint density at radius 1 is 0.579 bits per heavy atom. The highest BCUT2D eigenvalue weighted by Crippen LogP contribution is 2.35. The summed E-state index contributed by atoms with van der Waals surface area (Å²) < 4.78 is 0. The van der Waals surface area contributed by atoms with Crippen molar-refractivity contribution in [2.24, 2.45) is 0 Å². The van der Waals surface area contributed by atoms with E-state index in [-0.39, 0.29) is 0 Å². The Kier molecular flexibility index (Phi) is 2.88. The lowest BCUT2D eigenvalue weighted by molar-refractivity contribution is 1.53. The summed E-state index contributed by atoms with van der Waals surface area (Å²) >= 11 is 0. The number of rotatable bonds is 2. The molecule has 7 nitrogen and oxygen atoms in total. The van der Waals surface area contributed by atoms with Crippen LogP contribution in [0, 0.1) is 0 Å². The predicted octanol–water partition coefficient (Wildman–Crippen LogP) is 0.923. The van der Waals surface area contributed by atoms with Gasteiger partial charge in [0.25, 0.3) is 0 Å². The van der Waals surface area contributed by atoms with Crippen molar-refractivity contribution in [3.8, 4) is 0 Å². The molecule has 0 fully saturated rings. The highest BCUT2D eigenvalue weighted by Gasteiger charge is 2.09. The number of hydrogen-bond acceptors (Lipinski definition) is 7. The standard InChI is InChI=1S/C12H17N7/c13-5-1-7(15)11(17)9(3-5)19-10-4-6(14)2-8(16)12(10)18/h1-4,19H,13-18H2. The van der Waals surface area contributed by atoms with Crippen molar-refractivity contribution in [3.05, 3.63) is 24.3 Å². The van der Waals surface area contributed by atoms with Crippen molar-refractivity contribution in [2.75, 3.05) is 39.7 Å². The molecule has 0 aliphatic heterocycles. The van der Waals surface area contributed by atoms with Crippen LogP contribution >= 0.6 is 0 Å². The lowest BCUT2D eigenvalue weighted by Crippen LogP contribution is -2.05. The van der Waals surface area contributed by atoms with Crippen LogP contribution < -0.4 is 39.7 Å². The average Bonchev–Trinajstić information content (AvgIpc) is 2.31. The zero-order valence-corrected chi connectivity index (χ0v) is 10.3. The molecular weight excluding hydrogens is 242 g/mol. The molecular formula is C12H17N7. The van der Waals surface area contributed by atoms with Crippen LogP contribution in [-0.2, 0) is 0 Å². The van der Waals surface area contributed by atoms with Gasteiger partial charge in [-0.1, -0.05) is 0 Å². The molecule has 2 aromatic rings. The van der Waals surface area contributed by atoms with Gasteiger partial charge in [-0.05, 0) is 24.3 Å². The van der Waals surface area contributed by atoms with Crippen LogP contribution in [0.5, 0.6) is 0 Å². The molecule has 0 spiro atoms. The van der Waals surface area contributed by atoms with Crippen molar-refractivity contribution >= 4 is 45.5 Å². The SMILES string of the molecule is Nc1cc(N)c(N)c(Nc2cc(N)cc(N)c2N)c1. The fourth-order valence-corrected chi connectivity index (χ4v) is 1.75. The summed E-state index contributed by atoms with van der Waals surface area (Å²) in [4.78, 5) is 0. The highest BCUT2D eigenvalue weighted by molar-refractivity contribution is 5.91. The third kappa shape index (κ3) is 2.34. The number of hydrogen-bond donors (Lipinski definition) is 7. The van der Waals surface area contributed by atoms with E-state index in [0.29, 0.717) is 45.5 Å². The molecule has 0 atom stereocenters. The number of nitrogen functional groups attached to an aromatic ring is 6. The second-order valence-corrected chi connectivity index (χ2v) is 4.27. The first-order valence-corrected chi connectivity index (χ1v) is 5.54. The van der Waals surface area contributed by atoms with E-state index >= 15 is 0 Å². The summed E-state index contributed by atoms with van der Waals surface area (Å²) in [6, 6.07) is 6.48. The van der Waals surface area contributed by atoms with Gasteiger partial charge in [-0.15, -0.1) is 0 Å². The smallest absolute Gasteiger partial charge is 0.0788 e. The van der Waals surface area contributed by atoms with E-state index in [9.17, 15) is 0 Å². The molecule has 2 rings (SSSR count). The van der Waals surface area contributed by atoms with Gasteiger partial charge in [0.15, 0.2) is 0 Å². The van der Waals surface area contributed by atoms with E-state index in [2.05, 4.69) is 5.32 Å². The van der Waals surface area contributed by atoms with Crippen LogP contribution in [0.3, 0.4) is 0 Å². The van der Waals surface area contributed by atoms with E-state index in [1.165, 1.54) is 0 Å². The van der Waals surface area contributed by atoms with Gasteiger partial charge < -0.3 is 39.7 Å². The molecule has 0 amide bonds. The van der Waals surface area contributed by atoms with Gasteiger partial charge >= 0.3 is 0 Å². The first-order valence-electron chi connectivity index (χ1n) is 5.54. The van der Waals surface area contributed by atoms with Crippen molar-refractivity contribution in [1.82, 2.24) is 0 Å². The zero-order valence-electron chi connectivity index (χ0n) is 10.3.